The molecule has 0 saturated carbocycles. The van der Waals surface area contributed by atoms with Crippen LogP contribution in [0.1, 0.15) is 58.3 Å². The molecule has 1 aliphatic rings. The van der Waals surface area contributed by atoms with Gasteiger partial charge in [-0.2, -0.15) is 0 Å². The highest BCUT2D eigenvalue weighted by molar-refractivity contribution is 5.80. The van der Waals surface area contributed by atoms with E-state index in [1.165, 1.54) is 0 Å². The lowest BCUT2D eigenvalue weighted by Crippen LogP contribution is -2.13. The third-order valence-electron chi connectivity index (χ3n) is 3.24. The van der Waals surface area contributed by atoms with E-state index in [2.05, 4.69) is 24.3 Å². The normalized spacial score (nSPS) is 27.4. The quantitative estimate of drug-likeness (QED) is 0.629. The monoisotopic (exact) mass is 220 g/mol. The molecule has 0 aromatic heterocycles. The molecule has 0 aromatic rings. The first-order chi connectivity index (χ1) is 7.84. The van der Waals surface area contributed by atoms with Gasteiger partial charge in [0.2, 0.25) is 0 Å². The highest BCUT2D eigenvalue weighted by Crippen LogP contribution is 2.19. The predicted octanol–water partition coefficient (Wildman–Crippen LogP) is 4.44. The van der Waals surface area contributed by atoms with Crippen LogP contribution in [0.3, 0.4) is 0 Å². The summed E-state index contributed by atoms with van der Waals surface area (Å²) in [5, 5.41) is 0. The second kappa shape index (κ2) is 8.32. The van der Waals surface area contributed by atoms with Crippen LogP contribution in [0.4, 0.5) is 0 Å². The van der Waals surface area contributed by atoms with Gasteiger partial charge in [-0.25, -0.2) is 0 Å². The van der Waals surface area contributed by atoms with E-state index >= 15 is 0 Å². The summed E-state index contributed by atoms with van der Waals surface area (Å²) in [6, 6.07) is 0. The second-order valence-corrected chi connectivity index (χ2v) is 4.55. The molecule has 0 spiro atoms. The van der Waals surface area contributed by atoms with Gasteiger partial charge in [-0.3, -0.25) is 4.79 Å². The summed E-state index contributed by atoms with van der Waals surface area (Å²) in [7, 11) is 0. The van der Waals surface area contributed by atoms with E-state index in [1.807, 2.05) is 6.92 Å². The Kier molecular flexibility index (Phi) is 6.87. The second-order valence-electron chi connectivity index (χ2n) is 4.55. The lowest BCUT2D eigenvalue weighted by atomic mass is 9.91. The van der Waals surface area contributed by atoms with E-state index in [1.54, 1.807) is 0 Å². The van der Waals surface area contributed by atoms with Gasteiger partial charge in [0.1, 0.15) is 5.78 Å². The number of allylic oxidation sites excluding steroid dienone is 4. The van der Waals surface area contributed by atoms with Gasteiger partial charge in [0.25, 0.3) is 0 Å². The molecular weight excluding hydrogens is 196 g/mol. The van der Waals surface area contributed by atoms with E-state index in [0.717, 1.165) is 44.9 Å². The molecule has 1 atom stereocenters. The highest BCUT2D eigenvalue weighted by atomic mass is 16.1. The van der Waals surface area contributed by atoms with Crippen molar-refractivity contribution in [2.45, 2.75) is 58.3 Å². The van der Waals surface area contributed by atoms with Crippen LogP contribution in [0.15, 0.2) is 24.3 Å². The van der Waals surface area contributed by atoms with Crippen molar-refractivity contribution in [2.75, 3.05) is 0 Å². The molecule has 1 unspecified atom stereocenters. The summed E-state index contributed by atoms with van der Waals surface area (Å²) in [6.45, 7) is 1.98. The van der Waals surface area contributed by atoms with E-state index in [0.29, 0.717) is 18.1 Å². The fraction of sp³-hybridized carbons (Fsp3) is 0.667. The van der Waals surface area contributed by atoms with Gasteiger partial charge in [0, 0.05) is 12.3 Å². The van der Waals surface area contributed by atoms with Crippen LogP contribution in [-0.2, 0) is 4.79 Å². The van der Waals surface area contributed by atoms with E-state index in [-0.39, 0.29) is 0 Å². The molecule has 0 heterocycles. The number of carbonyl (C=O) groups excluding carboxylic acids is 1. The summed E-state index contributed by atoms with van der Waals surface area (Å²) in [6.07, 6.45) is 17.5. The van der Waals surface area contributed by atoms with Gasteiger partial charge in [-0.05, 0) is 44.9 Å². The van der Waals surface area contributed by atoms with Crippen molar-refractivity contribution in [1.29, 1.82) is 0 Å². The summed E-state index contributed by atoms with van der Waals surface area (Å²) in [5.74, 6) is 0.761. The van der Waals surface area contributed by atoms with Crippen LogP contribution in [0.25, 0.3) is 0 Å². The Hall–Kier alpha value is -0.850. The fourth-order valence-electron chi connectivity index (χ4n) is 2.20. The number of hydrogen-bond donors (Lipinski definition) is 0. The van der Waals surface area contributed by atoms with E-state index in [9.17, 15) is 4.79 Å². The predicted molar refractivity (Wildman–Crippen MR) is 69.4 cm³/mol. The molecule has 1 aliphatic carbocycles. The van der Waals surface area contributed by atoms with Crippen molar-refractivity contribution >= 4 is 5.78 Å². The molecule has 0 radical (unpaired) electrons. The lowest BCUT2D eigenvalue weighted by Gasteiger charge is -2.13. The molecule has 0 N–H and O–H groups in total. The minimum Gasteiger partial charge on any atom is -0.299 e. The number of ketones is 1. The SMILES string of the molecule is CCC(=O)C1CC/C=C\CC/C=C\CCC1. The van der Waals surface area contributed by atoms with Gasteiger partial charge in [0.05, 0.1) is 0 Å². The molecule has 1 nitrogen and oxygen atoms in total. The molecule has 0 saturated heterocycles. The van der Waals surface area contributed by atoms with Crippen molar-refractivity contribution in [3.63, 3.8) is 0 Å². The lowest BCUT2D eigenvalue weighted by molar-refractivity contribution is -0.123. The Labute approximate surface area is 99.6 Å². The van der Waals surface area contributed by atoms with Crippen LogP contribution < -0.4 is 0 Å². The molecule has 0 bridgehead atoms. The first kappa shape index (κ1) is 13.2. The Morgan fingerprint density at radius 1 is 1.00 bits per heavy atom. The van der Waals surface area contributed by atoms with Crippen molar-refractivity contribution < 1.29 is 4.79 Å². The van der Waals surface area contributed by atoms with Crippen LogP contribution in [-0.4, -0.2) is 5.78 Å². The smallest absolute Gasteiger partial charge is 0.135 e. The van der Waals surface area contributed by atoms with Gasteiger partial charge in [-0.15, -0.1) is 0 Å². The van der Waals surface area contributed by atoms with Crippen molar-refractivity contribution in [1.82, 2.24) is 0 Å². The number of carbonyl (C=O) groups is 1. The highest BCUT2D eigenvalue weighted by Gasteiger charge is 2.14. The zero-order valence-electron chi connectivity index (χ0n) is 10.5. The molecule has 0 aromatic carbocycles. The Bertz CT molecular complexity index is 250. The molecule has 16 heavy (non-hydrogen) atoms. The van der Waals surface area contributed by atoms with E-state index in [4.69, 9.17) is 0 Å². The van der Waals surface area contributed by atoms with Crippen molar-refractivity contribution in [3.05, 3.63) is 24.3 Å². The van der Waals surface area contributed by atoms with Crippen LogP contribution >= 0.6 is 0 Å². The summed E-state index contributed by atoms with van der Waals surface area (Å²) in [5.41, 5.74) is 0. The number of hydrogen-bond acceptors (Lipinski definition) is 1. The Balaban J connectivity index is 2.47. The molecule has 1 rings (SSSR count). The minimum atomic E-state index is 0.308. The van der Waals surface area contributed by atoms with Gasteiger partial charge < -0.3 is 0 Å². The summed E-state index contributed by atoms with van der Waals surface area (Å²) >= 11 is 0. The fourth-order valence-corrected chi connectivity index (χ4v) is 2.20. The average molecular weight is 220 g/mol. The maximum Gasteiger partial charge on any atom is 0.135 e. The zero-order valence-corrected chi connectivity index (χ0v) is 10.5. The molecule has 0 aliphatic heterocycles. The molecule has 90 valence electrons. The average Bonchev–Trinajstić information content (AvgIpc) is 2.29. The number of Topliss-reactive ketones (excluding diaryl/α,β-unsaturated/α-hetero) is 1. The topological polar surface area (TPSA) is 17.1 Å². The van der Waals surface area contributed by atoms with Crippen molar-refractivity contribution in [3.8, 4) is 0 Å². The first-order valence-corrected chi connectivity index (χ1v) is 6.67. The standard InChI is InChI=1S/C15H24O/c1-2-15(16)14-12-10-8-6-4-3-5-7-9-11-13-14/h4,6-7,9,14H,2-3,5,8,10-13H2,1H3/b6-4-,9-7-. The van der Waals surface area contributed by atoms with E-state index < -0.39 is 0 Å². The van der Waals surface area contributed by atoms with Gasteiger partial charge in [-0.1, -0.05) is 31.2 Å². The maximum atomic E-state index is 11.7. The third kappa shape index (κ3) is 5.29. The third-order valence-corrected chi connectivity index (χ3v) is 3.24. The van der Waals surface area contributed by atoms with Crippen LogP contribution in [0, 0.1) is 5.92 Å². The number of rotatable bonds is 2. The maximum absolute atomic E-state index is 11.7. The van der Waals surface area contributed by atoms with Gasteiger partial charge in [0.15, 0.2) is 0 Å². The molecule has 0 fully saturated rings. The summed E-state index contributed by atoms with van der Waals surface area (Å²) < 4.78 is 0. The zero-order chi connectivity index (χ0) is 11.6. The Morgan fingerprint density at radius 3 is 2.31 bits per heavy atom. The molecule has 0 amide bonds. The van der Waals surface area contributed by atoms with Gasteiger partial charge >= 0.3 is 0 Å². The van der Waals surface area contributed by atoms with Crippen LogP contribution in [0.2, 0.25) is 0 Å². The summed E-state index contributed by atoms with van der Waals surface area (Å²) in [4.78, 5) is 11.7. The minimum absolute atomic E-state index is 0.308. The molecular formula is C15H24O. The van der Waals surface area contributed by atoms with Crippen LogP contribution in [0.5, 0.6) is 0 Å². The largest absolute Gasteiger partial charge is 0.299 e. The molecule has 1 heteroatoms. The Morgan fingerprint density at radius 2 is 1.62 bits per heavy atom. The first-order valence-electron chi connectivity index (χ1n) is 6.67. The van der Waals surface area contributed by atoms with Crippen molar-refractivity contribution in [2.24, 2.45) is 5.92 Å².